The summed E-state index contributed by atoms with van der Waals surface area (Å²) in [5, 5.41) is 6.74. The molecule has 0 saturated carbocycles. The number of hydrogen-bond donors (Lipinski definition) is 1. The summed E-state index contributed by atoms with van der Waals surface area (Å²) in [6, 6.07) is 6.86. The van der Waals surface area contributed by atoms with Gasteiger partial charge < -0.3 is 19.3 Å². The Labute approximate surface area is 129 Å². The predicted octanol–water partition coefficient (Wildman–Crippen LogP) is 2.75. The van der Waals surface area contributed by atoms with Crippen molar-refractivity contribution in [2.24, 2.45) is 0 Å². The lowest BCUT2D eigenvalue weighted by Gasteiger charge is -2.08. The number of benzene rings is 1. The minimum atomic E-state index is -0.236. The van der Waals surface area contributed by atoms with Crippen LogP contribution in [0.2, 0.25) is 0 Å². The van der Waals surface area contributed by atoms with E-state index in [2.05, 4.69) is 10.5 Å². The predicted molar refractivity (Wildman–Crippen MR) is 81.3 cm³/mol. The van der Waals surface area contributed by atoms with Crippen LogP contribution in [0.5, 0.6) is 11.5 Å². The SMILES string of the molecule is COc1cc(OC)cc(C(=O)NCc2cc(C(C)C)no2)c1. The molecule has 1 N–H and O–H groups in total. The van der Waals surface area contributed by atoms with Crippen LogP contribution in [-0.4, -0.2) is 25.3 Å². The van der Waals surface area contributed by atoms with Crippen LogP contribution in [0.1, 0.15) is 41.6 Å². The molecule has 0 aliphatic carbocycles. The summed E-state index contributed by atoms with van der Waals surface area (Å²) >= 11 is 0. The van der Waals surface area contributed by atoms with E-state index in [0.29, 0.717) is 22.8 Å². The van der Waals surface area contributed by atoms with Crippen LogP contribution in [-0.2, 0) is 6.54 Å². The van der Waals surface area contributed by atoms with Gasteiger partial charge in [0.15, 0.2) is 5.76 Å². The second-order valence-corrected chi connectivity index (χ2v) is 5.16. The summed E-state index contributed by atoms with van der Waals surface area (Å²) in [4.78, 5) is 12.2. The first-order valence-electron chi connectivity index (χ1n) is 7.00. The van der Waals surface area contributed by atoms with Crippen LogP contribution in [0.15, 0.2) is 28.8 Å². The third-order valence-corrected chi connectivity index (χ3v) is 3.21. The molecule has 2 aromatic rings. The molecule has 0 radical (unpaired) electrons. The zero-order chi connectivity index (χ0) is 16.1. The molecule has 1 heterocycles. The lowest BCUT2D eigenvalue weighted by atomic mass is 10.1. The normalized spacial score (nSPS) is 10.6. The molecule has 0 unspecified atom stereocenters. The molecular formula is C16H20N2O4. The van der Waals surface area contributed by atoms with Gasteiger partial charge in [-0.1, -0.05) is 19.0 Å². The number of nitrogens with zero attached hydrogens (tertiary/aromatic N) is 1. The van der Waals surface area contributed by atoms with E-state index in [1.165, 1.54) is 0 Å². The molecule has 6 heteroatoms. The van der Waals surface area contributed by atoms with Crippen molar-refractivity contribution >= 4 is 5.91 Å². The second-order valence-electron chi connectivity index (χ2n) is 5.16. The number of carbonyl (C=O) groups is 1. The molecule has 0 atom stereocenters. The van der Waals surface area contributed by atoms with E-state index < -0.39 is 0 Å². The zero-order valence-corrected chi connectivity index (χ0v) is 13.2. The van der Waals surface area contributed by atoms with Crippen molar-refractivity contribution in [2.45, 2.75) is 26.3 Å². The lowest BCUT2D eigenvalue weighted by molar-refractivity contribution is 0.0946. The number of amides is 1. The van der Waals surface area contributed by atoms with E-state index in [9.17, 15) is 4.79 Å². The van der Waals surface area contributed by atoms with Gasteiger partial charge in [-0.2, -0.15) is 0 Å². The quantitative estimate of drug-likeness (QED) is 0.888. The van der Waals surface area contributed by atoms with Crippen LogP contribution in [0.25, 0.3) is 0 Å². The van der Waals surface area contributed by atoms with Gasteiger partial charge in [-0.15, -0.1) is 0 Å². The Morgan fingerprint density at radius 1 is 1.18 bits per heavy atom. The first-order valence-corrected chi connectivity index (χ1v) is 7.00. The minimum absolute atomic E-state index is 0.236. The van der Waals surface area contributed by atoms with E-state index in [4.69, 9.17) is 14.0 Å². The molecule has 0 aliphatic heterocycles. The average Bonchev–Trinajstić information content (AvgIpc) is 3.01. The smallest absolute Gasteiger partial charge is 0.251 e. The van der Waals surface area contributed by atoms with E-state index in [1.807, 2.05) is 19.9 Å². The fourth-order valence-corrected chi connectivity index (χ4v) is 1.89. The van der Waals surface area contributed by atoms with Crippen LogP contribution in [0.4, 0.5) is 0 Å². The molecule has 0 bridgehead atoms. The first-order chi connectivity index (χ1) is 10.5. The molecule has 118 valence electrons. The molecule has 0 spiro atoms. The summed E-state index contributed by atoms with van der Waals surface area (Å²) < 4.78 is 15.5. The van der Waals surface area contributed by atoms with Crippen molar-refractivity contribution in [1.29, 1.82) is 0 Å². The van der Waals surface area contributed by atoms with E-state index in [-0.39, 0.29) is 18.4 Å². The monoisotopic (exact) mass is 304 g/mol. The zero-order valence-electron chi connectivity index (χ0n) is 13.2. The molecule has 1 aromatic heterocycles. The van der Waals surface area contributed by atoms with Gasteiger partial charge in [0.05, 0.1) is 26.5 Å². The molecule has 2 rings (SSSR count). The summed E-state index contributed by atoms with van der Waals surface area (Å²) in [7, 11) is 3.08. The van der Waals surface area contributed by atoms with Gasteiger partial charge >= 0.3 is 0 Å². The minimum Gasteiger partial charge on any atom is -0.497 e. The maximum absolute atomic E-state index is 12.2. The molecule has 0 saturated heterocycles. The third-order valence-electron chi connectivity index (χ3n) is 3.21. The second kappa shape index (κ2) is 6.98. The highest BCUT2D eigenvalue weighted by atomic mass is 16.5. The fraction of sp³-hybridized carbons (Fsp3) is 0.375. The molecule has 6 nitrogen and oxygen atoms in total. The van der Waals surface area contributed by atoms with Crippen LogP contribution >= 0.6 is 0 Å². The Balaban J connectivity index is 2.05. The Morgan fingerprint density at radius 2 is 1.82 bits per heavy atom. The van der Waals surface area contributed by atoms with Gasteiger partial charge in [0.2, 0.25) is 0 Å². The summed E-state index contributed by atoms with van der Waals surface area (Å²) in [5.41, 5.74) is 1.33. The third kappa shape index (κ3) is 3.78. The van der Waals surface area contributed by atoms with Crippen LogP contribution in [0.3, 0.4) is 0 Å². The summed E-state index contributed by atoms with van der Waals surface area (Å²) in [6.07, 6.45) is 0. The van der Waals surface area contributed by atoms with Gasteiger partial charge in [-0.25, -0.2) is 0 Å². The fourth-order valence-electron chi connectivity index (χ4n) is 1.89. The number of aromatic nitrogens is 1. The van der Waals surface area contributed by atoms with Crippen LogP contribution in [0, 0.1) is 0 Å². The Kier molecular flexibility index (Phi) is 5.04. The first kappa shape index (κ1) is 15.9. The maximum Gasteiger partial charge on any atom is 0.251 e. The molecule has 1 aromatic carbocycles. The topological polar surface area (TPSA) is 73.6 Å². The molecule has 0 fully saturated rings. The number of rotatable bonds is 6. The van der Waals surface area contributed by atoms with Gasteiger partial charge in [0.25, 0.3) is 5.91 Å². The van der Waals surface area contributed by atoms with E-state index in [0.717, 1.165) is 5.69 Å². The van der Waals surface area contributed by atoms with Crippen molar-refractivity contribution in [1.82, 2.24) is 10.5 Å². The molecule has 0 aliphatic rings. The van der Waals surface area contributed by atoms with Crippen molar-refractivity contribution in [3.8, 4) is 11.5 Å². The van der Waals surface area contributed by atoms with Gasteiger partial charge in [-0.05, 0) is 18.1 Å². The standard InChI is InChI=1S/C16H20N2O4/c1-10(2)15-8-14(22-18-15)9-17-16(19)11-5-12(20-3)7-13(6-11)21-4/h5-8,10H,9H2,1-4H3,(H,17,19). The number of hydrogen-bond acceptors (Lipinski definition) is 5. The lowest BCUT2D eigenvalue weighted by Crippen LogP contribution is -2.22. The highest BCUT2D eigenvalue weighted by Gasteiger charge is 2.12. The van der Waals surface area contributed by atoms with Crippen LogP contribution < -0.4 is 14.8 Å². The number of methoxy groups -OCH3 is 2. The highest BCUT2D eigenvalue weighted by Crippen LogP contribution is 2.22. The average molecular weight is 304 g/mol. The Morgan fingerprint density at radius 3 is 2.32 bits per heavy atom. The Bertz CT molecular complexity index is 627. The van der Waals surface area contributed by atoms with Crippen molar-refractivity contribution in [2.75, 3.05) is 14.2 Å². The van der Waals surface area contributed by atoms with E-state index >= 15 is 0 Å². The summed E-state index contributed by atoms with van der Waals surface area (Å²) in [5.74, 6) is 1.79. The van der Waals surface area contributed by atoms with Crippen molar-refractivity contribution in [3.63, 3.8) is 0 Å². The molecule has 1 amide bonds. The van der Waals surface area contributed by atoms with E-state index in [1.54, 1.807) is 32.4 Å². The highest BCUT2D eigenvalue weighted by molar-refractivity contribution is 5.95. The number of nitrogens with one attached hydrogen (secondary N) is 1. The van der Waals surface area contributed by atoms with Gasteiger partial charge in [0, 0.05) is 17.7 Å². The van der Waals surface area contributed by atoms with Crippen molar-refractivity contribution < 1.29 is 18.8 Å². The number of ether oxygens (including phenoxy) is 2. The Hall–Kier alpha value is -2.50. The summed E-state index contributed by atoms with van der Waals surface area (Å²) in [6.45, 7) is 4.34. The van der Waals surface area contributed by atoms with Gasteiger partial charge in [-0.3, -0.25) is 4.79 Å². The molecule has 22 heavy (non-hydrogen) atoms. The number of carbonyl (C=O) groups excluding carboxylic acids is 1. The maximum atomic E-state index is 12.2. The molecular weight excluding hydrogens is 284 g/mol. The van der Waals surface area contributed by atoms with Gasteiger partial charge in [0.1, 0.15) is 11.5 Å². The van der Waals surface area contributed by atoms with Crippen molar-refractivity contribution in [3.05, 3.63) is 41.3 Å². The largest absolute Gasteiger partial charge is 0.497 e.